The lowest BCUT2D eigenvalue weighted by Gasteiger charge is -2.10. The standard InChI is InChI=1S/C19H14F2N4O3S/c20-14-5-3-11(2-1-7-24-29(27)28)18(21)17(14)19(26)12-4-6-15-16(8-12)25-13(9-22)10-23-15/h3-6,8,10,29H,1-2,7H2,(H,24,27,28). The van der Waals surface area contributed by atoms with E-state index in [1.165, 1.54) is 30.5 Å². The molecule has 2 aromatic carbocycles. The lowest BCUT2D eigenvalue weighted by Crippen LogP contribution is -2.14. The summed E-state index contributed by atoms with van der Waals surface area (Å²) in [4.78, 5) is 20.8. The van der Waals surface area contributed by atoms with Crippen molar-refractivity contribution in [3.8, 4) is 6.07 Å². The van der Waals surface area contributed by atoms with Crippen molar-refractivity contribution in [3.63, 3.8) is 0 Å². The highest BCUT2D eigenvalue weighted by atomic mass is 32.2. The van der Waals surface area contributed by atoms with Crippen LogP contribution in [0, 0.1) is 23.0 Å². The molecule has 0 saturated carbocycles. The third-order valence-electron chi connectivity index (χ3n) is 4.18. The lowest BCUT2D eigenvalue weighted by atomic mass is 9.97. The van der Waals surface area contributed by atoms with Crippen LogP contribution in [0.5, 0.6) is 0 Å². The van der Waals surface area contributed by atoms with E-state index in [9.17, 15) is 22.0 Å². The number of rotatable bonds is 7. The minimum absolute atomic E-state index is 0.00172. The first-order valence-corrected chi connectivity index (χ1v) is 9.65. The van der Waals surface area contributed by atoms with Gasteiger partial charge in [-0.1, -0.05) is 6.07 Å². The Balaban J connectivity index is 1.93. The van der Waals surface area contributed by atoms with Gasteiger partial charge in [0.1, 0.15) is 17.7 Å². The highest BCUT2D eigenvalue weighted by molar-refractivity contribution is 7.70. The monoisotopic (exact) mass is 416 g/mol. The predicted octanol–water partition coefficient (Wildman–Crippen LogP) is 2.06. The van der Waals surface area contributed by atoms with E-state index >= 15 is 0 Å². The summed E-state index contributed by atoms with van der Waals surface area (Å²) < 4.78 is 52.2. The van der Waals surface area contributed by atoms with Crippen LogP contribution in [0.15, 0.2) is 36.5 Å². The molecule has 0 spiro atoms. The smallest absolute Gasteiger partial charge is 0.201 e. The van der Waals surface area contributed by atoms with Crippen molar-refractivity contribution in [3.05, 3.63) is 70.5 Å². The van der Waals surface area contributed by atoms with Crippen LogP contribution in [-0.4, -0.2) is 30.7 Å². The fourth-order valence-corrected chi connectivity index (χ4v) is 3.14. The fourth-order valence-electron chi connectivity index (χ4n) is 2.80. The van der Waals surface area contributed by atoms with E-state index in [0.717, 1.165) is 6.07 Å². The Kier molecular flexibility index (Phi) is 6.21. The molecule has 29 heavy (non-hydrogen) atoms. The van der Waals surface area contributed by atoms with Gasteiger partial charge in [0.15, 0.2) is 11.5 Å². The molecule has 0 unspecified atom stereocenters. The molecule has 1 heterocycles. The number of thiol groups is 1. The maximum Gasteiger partial charge on any atom is 0.201 e. The van der Waals surface area contributed by atoms with E-state index in [-0.39, 0.29) is 41.7 Å². The zero-order chi connectivity index (χ0) is 21.0. The number of hydrogen-bond donors (Lipinski definition) is 2. The summed E-state index contributed by atoms with van der Waals surface area (Å²) in [5, 5.41) is 8.92. The first kappa shape index (κ1) is 20.4. The van der Waals surface area contributed by atoms with Crippen molar-refractivity contribution in [2.45, 2.75) is 12.8 Å². The number of aromatic nitrogens is 2. The number of nitrogens with zero attached hydrogens (tertiary/aromatic N) is 3. The molecule has 0 bridgehead atoms. The molecular formula is C19H14F2N4O3S. The largest absolute Gasteiger partial charge is 0.288 e. The molecule has 3 aromatic rings. The zero-order valence-corrected chi connectivity index (χ0v) is 15.7. The second-order valence-electron chi connectivity index (χ2n) is 6.06. The maximum absolute atomic E-state index is 14.8. The van der Waals surface area contributed by atoms with Crippen LogP contribution in [0.25, 0.3) is 11.0 Å². The van der Waals surface area contributed by atoms with Crippen molar-refractivity contribution in [2.24, 2.45) is 0 Å². The number of halogens is 2. The summed E-state index contributed by atoms with van der Waals surface area (Å²) in [6.07, 6.45) is 1.68. The summed E-state index contributed by atoms with van der Waals surface area (Å²) in [5.74, 6) is -2.86. The number of hydrogen-bond acceptors (Lipinski definition) is 6. The van der Waals surface area contributed by atoms with Gasteiger partial charge >= 0.3 is 0 Å². The predicted molar refractivity (Wildman–Crippen MR) is 101 cm³/mol. The molecule has 0 amide bonds. The lowest BCUT2D eigenvalue weighted by molar-refractivity contribution is 0.103. The van der Waals surface area contributed by atoms with Gasteiger partial charge in [-0.2, -0.15) is 5.26 Å². The molecular weight excluding hydrogens is 402 g/mol. The second-order valence-corrected chi connectivity index (χ2v) is 6.89. The third-order valence-corrected chi connectivity index (χ3v) is 4.66. The van der Waals surface area contributed by atoms with Crippen LogP contribution in [0.1, 0.15) is 33.6 Å². The summed E-state index contributed by atoms with van der Waals surface area (Å²) in [6, 6.07) is 8.25. The van der Waals surface area contributed by atoms with Crippen molar-refractivity contribution in [2.75, 3.05) is 6.54 Å². The SMILES string of the molecule is N#Cc1cnc2ccc(C(=O)c3c(F)ccc(CCCN[SH](=O)=O)c3F)cc2n1. The Morgan fingerprint density at radius 3 is 2.69 bits per heavy atom. The molecule has 3 rings (SSSR count). The average Bonchev–Trinajstić information content (AvgIpc) is 2.71. The summed E-state index contributed by atoms with van der Waals surface area (Å²) in [6.45, 7) is 0.101. The molecule has 0 aliphatic heterocycles. The quantitative estimate of drug-likeness (QED) is 0.346. The Hall–Kier alpha value is -3.29. The molecule has 7 nitrogen and oxygen atoms in total. The van der Waals surface area contributed by atoms with Crippen LogP contribution in [0.2, 0.25) is 0 Å². The van der Waals surface area contributed by atoms with Crippen molar-refractivity contribution >= 4 is 27.7 Å². The van der Waals surface area contributed by atoms with Gasteiger partial charge in [-0.25, -0.2) is 26.9 Å². The van der Waals surface area contributed by atoms with Crippen LogP contribution >= 0.6 is 0 Å². The van der Waals surface area contributed by atoms with Crippen molar-refractivity contribution in [1.29, 1.82) is 5.26 Å². The molecule has 0 aliphatic carbocycles. The number of aryl methyl sites for hydroxylation is 1. The number of nitriles is 1. The molecule has 148 valence electrons. The highest BCUT2D eigenvalue weighted by Gasteiger charge is 2.22. The van der Waals surface area contributed by atoms with Gasteiger partial charge in [0.25, 0.3) is 0 Å². The fraction of sp³-hybridized carbons (Fsp3) is 0.158. The van der Waals surface area contributed by atoms with Gasteiger partial charge in [-0.15, -0.1) is 0 Å². The van der Waals surface area contributed by atoms with Crippen LogP contribution < -0.4 is 4.72 Å². The average molecular weight is 416 g/mol. The Bertz CT molecular complexity index is 1210. The number of carbonyl (C=O) groups is 1. The number of benzene rings is 2. The van der Waals surface area contributed by atoms with E-state index < -0.39 is 33.9 Å². The molecule has 1 N–H and O–H groups in total. The normalized spacial score (nSPS) is 11.0. The van der Waals surface area contributed by atoms with E-state index in [0.29, 0.717) is 5.52 Å². The van der Waals surface area contributed by atoms with E-state index in [2.05, 4.69) is 14.7 Å². The molecule has 1 aromatic heterocycles. The number of ketones is 1. The van der Waals surface area contributed by atoms with Gasteiger partial charge in [-0.3, -0.25) is 9.78 Å². The second kappa shape index (κ2) is 8.81. The summed E-state index contributed by atoms with van der Waals surface area (Å²) >= 11 is 0. The third kappa shape index (κ3) is 4.59. The summed E-state index contributed by atoms with van der Waals surface area (Å²) in [5.41, 5.74) is 0.139. The van der Waals surface area contributed by atoms with E-state index in [4.69, 9.17) is 5.26 Å². The molecule has 0 saturated heterocycles. The zero-order valence-electron chi connectivity index (χ0n) is 14.9. The molecule has 0 fully saturated rings. The Labute approximate surface area is 166 Å². The Morgan fingerprint density at radius 2 is 1.97 bits per heavy atom. The van der Waals surface area contributed by atoms with E-state index in [1.807, 2.05) is 6.07 Å². The van der Waals surface area contributed by atoms with Crippen molar-refractivity contribution in [1.82, 2.24) is 14.7 Å². The minimum Gasteiger partial charge on any atom is -0.288 e. The maximum atomic E-state index is 14.8. The van der Waals surface area contributed by atoms with Gasteiger partial charge < -0.3 is 0 Å². The molecule has 0 radical (unpaired) electrons. The number of carbonyl (C=O) groups excluding carboxylic acids is 1. The first-order valence-electron chi connectivity index (χ1n) is 8.47. The Morgan fingerprint density at radius 1 is 1.17 bits per heavy atom. The van der Waals surface area contributed by atoms with Gasteiger partial charge in [-0.05, 0) is 42.7 Å². The number of fused-ring (bicyclic) bond motifs is 1. The van der Waals surface area contributed by atoms with E-state index in [1.54, 1.807) is 0 Å². The van der Waals surface area contributed by atoms with Gasteiger partial charge in [0.2, 0.25) is 10.9 Å². The molecule has 10 heteroatoms. The highest BCUT2D eigenvalue weighted by Crippen LogP contribution is 2.23. The minimum atomic E-state index is -2.75. The van der Waals surface area contributed by atoms with Gasteiger partial charge in [0, 0.05) is 12.1 Å². The molecule has 0 atom stereocenters. The molecule has 0 aliphatic rings. The number of nitrogens with one attached hydrogen (secondary N) is 1. The van der Waals surface area contributed by atoms with Crippen LogP contribution in [0.4, 0.5) is 8.78 Å². The van der Waals surface area contributed by atoms with Crippen LogP contribution in [0.3, 0.4) is 0 Å². The first-order chi connectivity index (χ1) is 13.9. The van der Waals surface area contributed by atoms with Gasteiger partial charge in [0.05, 0.1) is 22.8 Å². The topological polar surface area (TPSA) is 113 Å². The van der Waals surface area contributed by atoms with Crippen LogP contribution in [-0.2, 0) is 17.3 Å². The van der Waals surface area contributed by atoms with Crippen molar-refractivity contribution < 1.29 is 22.0 Å². The summed E-state index contributed by atoms with van der Waals surface area (Å²) in [7, 11) is -2.75.